The van der Waals surface area contributed by atoms with Crippen LogP contribution in [0.25, 0.3) is 0 Å². The molecule has 1 N–H and O–H groups in total. The Morgan fingerprint density at radius 1 is 1.13 bits per heavy atom. The lowest BCUT2D eigenvalue weighted by molar-refractivity contribution is -0.131. The molecule has 1 saturated carbocycles. The van der Waals surface area contributed by atoms with Gasteiger partial charge in [-0.3, -0.25) is 0 Å². The van der Waals surface area contributed by atoms with Gasteiger partial charge < -0.3 is 9.84 Å². The summed E-state index contributed by atoms with van der Waals surface area (Å²) in [5, 5.41) is 8.75. The Hall–Kier alpha value is -2.55. The van der Waals surface area contributed by atoms with E-state index in [0.717, 1.165) is 24.3 Å². The Morgan fingerprint density at radius 2 is 1.83 bits per heavy atom. The van der Waals surface area contributed by atoms with E-state index >= 15 is 0 Å². The Labute approximate surface area is 136 Å². The molecule has 0 aromatic heterocycles. The molecular formula is C20H20O3. The summed E-state index contributed by atoms with van der Waals surface area (Å²) >= 11 is 0. The molecule has 3 nitrogen and oxygen atoms in total. The van der Waals surface area contributed by atoms with Crippen LogP contribution in [0.2, 0.25) is 0 Å². The Bertz CT molecular complexity index is 713. The zero-order valence-electron chi connectivity index (χ0n) is 13.1. The normalized spacial score (nSPS) is 23.4. The van der Waals surface area contributed by atoms with Gasteiger partial charge in [0.1, 0.15) is 11.5 Å². The first-order valence-electron chi connectivity index (χ1n) is 7.79. The molecule has 2 aromatic rings. The summed E-state index contributed by atoms with van der Waals surface area (Å²) in [5.41, 5.74) is 1.24. The second-order valence-corrected chi connectivity index (χ2v) is 6.42. The molecule has 0 bridgehead atoms. The van der Waals surface area contributed by atoms with Crippen molar-refractivity contribution in [3.8, 4) is 11.5 Å². The minimum absolute atomic E-state index is 0.0145. The quantitative estimate of drug-likeness (QED) is 0.790. The van der Waals surface area contributed by atoms with Crippen molar-refractivity contribution in [1.29, 1.82) is 0 Å². The van der Waals surface area contributed by atoms with Crippen LogP contribution in [-0.2, 0) is 4.79 Å². The molecule has 2 aromatic carbocycles. The van der Waals surface area contributed by atoms with Gasteiger partial charge in [0.05, 0.1) is 0 Å². The molecule has 0 saturated heterocycles. The van der Waals surface area contributed by atoms with Crippen molar-refractivity contribution in [1.82, 2.24) is 0 Å². The molecule has 0 unspecified atom stereocenters. The molecule has 1 aliphatic carbocycles. The second-order valence-electron chi connectivity index (χ2n) is 6.42. The first-order valence-corrected chi connectivity index (χ1v) is 7.79. The summed E-state index contributed by atoms with van der Waals surface area (Å²) in [6.07, 6.45) is 5.00. The fourth-order valence-corrected chi connectivity index (χ4v) is 3.17. The lowest BCUT2D eigenvalue weighted by Crippen LogP contribution is -2.31. The van der Waals surface area contributed by atoms with E-state index < -0.39 is 5.97 Å². The van der Waals surface area contributed by atoms with Gasteiger partial charge >= 0.3 is 5.97 Å². The highest BCUT2D eigenvalue weighted by Gasteiger charge is 2.39. The molecule has 118 valence electrons. The highest BCUT2D eigenvalue weighted by molar-refractivity contribution is 5.79. The van der Waals surface area contributed by atoms with Crippen molar-refractivity contribution >= 4 is 5.97 Å². The predicted octanol–water partition coefficient (Wildman–Crippen LogP) is 5.00. The van der Waals surface area contributed by atoms with Crippen molar-refractivity contribution < 1.29 is 14.6 Å². The number of aliphatic carboxylic acids is 1. The summed E-state index contributed by atoms with van der Waals surface area (Å²) in [7, 11) is 0. The number of hydrogen-bond acceptors (Lipinski definition) is 2. The monoisotopic (exact) mass is 308 g/mol. The summed E-state index contributed by atoms with van der Waals surface area (Å²) in [4.78, 5) is 10.7. The molecule has 1 aliphatic rings. The molecule has 0 amide bonds. The zero-order chi connectivity index (χ0) is 16.3. The van der Waals surface area contributed by atoms with Crippen LogP contribution in [0.1, 0.15) is 31.2 Å². The van der Waals surface area contributed by atoms with E-state index in [-0.39, 0.29) is 5.41 Å². The van der Waals surface area contributed by atoms with Crippen molar-refractivity contribution in [2.75, 3.05) is 0 Å². The molecule has 0 radical (unpaired) electrons. The number of para-hydroxylation sites is 1. The third-order valence-corrected chi connectivity index (χ3v) is 4.36. The molecular weight excluding hydrogens is 288 g/mol. The van der Waals surface area contributed by atoms with E-state index in [9.17, 15) is 4.79 Å². The highest BCUT2D eigenvalue weighted by atomic mass is 16.5. The minimum Gasteiger partial charge on any atom is -0.478 e. The smallest absolute Gasteiger partial charge is 0.327 e. The van der Waals surface area contributed by atoms with E-state index in [2.05, 4.69) is 19.1 Å². The van der Waals surface area contributed by atoms with E-state index in [1.165, 1.54) is 11.6 Å². The van der Waals surface area contributed by atoms with Crippen LogP contribution >= 0.6 is 0 Å². The molecule has 0 aliphatic heterocycles. The summed E-state index contributed by atoms with van der Waals surface area (Å²) in [6, 6.07) is 17.9. The molecule has 0 heterocycles. The summed E-state index contributed by atoms with van der Waals surface area (Å²) in [6.45, 7) is 2.10. The highest BCUT2D eigenvalue weighted by Crippen LogP contribution is 2.52. The number of carbonyl (C=O) groups is 1. The van der Waals surface area contributed by atoms with Gasteiger partial charge in [0.2, 0.25) is 0 Å². The van der Waals surface area contributed by atoms with E-state index in [1.54, 1.807) is 0 Å². The van der Waals surface area contributed by atoms with Gasteiger partial charge in [0, 0.05) is 6.08 Å². The summed E-state index contributed by atoms with van der Waals surface area (Å²) in [5.74, 6) is 1.24. The lowest BCUT2D eigenvalue weighted by Gasteiger charge is -2.43. The first kappa shape index (κ1) is 15.3. The fourth-order valence-electron chi connectivity index (χ4n) is 3.17. The maximum absolute atomic E-state index is 10.7. The van der Waals surface area contributed by atoms with Crippen LogP contribution < -0.4 is 4.74 Å². The molecule has 0 spiro atoms. The molecule has 3 rings (SSSR count). The maximum Gasteiger partial charge on any atom is 0.327 e. The molecule has 3 heteroatoms. The number of carboxylic acid groups (broad SMARTS) is 1. The zero-order valence-corrected chi connectivity index (χ0v) is 13.1. The average molecular weight is 308 g/mol. The number of allylic oxidation sites excluding steroid dienone is 1. The van der Waals surface area contributed by atoms with Crippen molar-refractivity contribution in [2.45, 2.75) is 25.7 Å². The van der Waals surface area contributed by atoms with Gasteiger partial charge in [0.15, 0.2) is 0 Å². The number of benzene rings is 2. The number of carboxylic acids is 1. The van der Waals surface area contributed by atoms with Gasteiger partial charge in [-0.05, 0) is 54.0 Å². The molecule has 1 fully saturated rings. The molecule has 23 heavy (non-hydrogen) atoms. The van der Waals surface area contributed by atoms with Crippen molar-refractivity contribution in [3.05, 3.63) is 72.3 Å². The van der Waals surface area contributed by atoms with Crippen LogP contribution in [0.4, 0.5) is 0 Å². The van der Waals surface area contributed by atoms with Gasteiger partial charge in [-0.2, -0.15) is 0 Å². The van der Waals surface area contributed by atoms with E-state index in [0.29, 0.717) is 5.92 Å². The molecule has 0 atom stereocenters. The van der Waals surface area contributed by atoms with Crippen LogP contribution in [-0.4, -0.2) is 11.1 Å². The third-order valence-electron chi connectivity index (χ3n) is 4.36. The van der Waals surface area contributed by atoms with Crippen LogP contribution in [0.15, 0.2) is 66.7 Å². The number of hydrogen-bond donors (Lipinski definition) is 1. The standard InChI is InChI=1S/C20H20O3/c1-20(11-10-19(21)22)13-16(14-20)15-6-5-9-18(12-15)23-17-7-3-2-4-8-17/h2-12,16H,13-14H2,1H3,(H,21,22). The van der Waals surface area contributed by atoms with Gasteiger partial charge in [-0.1, -0.05) is 43.3 Å². The van der Waals surface area contributed by atoms with Crippen LogP contribution in [0.5, 0.6) is 11.5 Å². The fraction of sp³-hybridized carbons (Fsp3) is 0.250. The first-order chi connectivity index (χ1) is 11.0. The Balaban J connectivity index is 1.66. The number of ether oxygens (including phenoxy) is 1. The number of rotatable bonds is 5. The lowest BCUT2D eigenvalue weighted by atomic mass is 9.61. The SMILES string of the molecule is CC1(C=CC(=O)O)CC(c2cccc(Oc3ccccc3)c2)C1. The van der Waals surface area contributed by atoms with Gasteiger partial charge in [0.25, 0.3) is 0 Å². The largest absolute Gasteiger partial charge is 0.478 e. The third kappa shape index (κ3) is 3.81. The van der Waals surface area contributed by atoms with E-state index in [4.69, 9.17) is 9.84 Å². The topological polar surface area (TPSA) is 46.5 Å². The average Bonchev–Trinajstić information content (AvgIpc) is 2.51. The second kappa shape index (κ2) is 6.29. The Morgan fingerprint density at radius 3 is 2.52 bits per heavy atom. The van der Waals surface area contributed by atoms with Gasteiger partial charge in [-0.15, -0.1) is 0 Å². The summed E-state index contributed by atoms with van der Waals surface area (Å²) < 4.78 is 5.88. The van der Waals surface area contributed by atoms with Crippen LogP contribution in [0, 0.1) is 5.41 Å². The van der Waals surface area contributed by atoms with E-state index in [1.807, 2.05) is 48.5 Å². The predicted molar refractivity (Wildman–Crippen MR) is 89.8 cm³/mol. The van der Waals surface area contributed by atoms with Crippen molar-refractivity contribution in [2.24, 2.45) is 5.41 Å². The Kier molecular flexibility index (Phi) is 4.20. The van der Waals surface area contributed by atoms with Crippen LogP contribution in [0.3, 0.4) is 0 Å². The van der Waals surface area contributed by atoms with Crippen molar-refractivity contribution in [3.63, 3.8) is 0 Å². The minimum atomic E-state index is -0.882. The maximum atomic E-state index is 10.7. The van der Waals surface area contributed by atoms with Gasteiger partial charge in [-0.25, -0.2) is 4.79 Å².